The fraction of sp³-hybridized carbons (Fsp3) is 0.619. The molecule has 0 fully saturated rings. The molecule has 0 radical (unpaired) electrons. The first-order valence-corrected chi connectivity index (χ1v) is 11.7. The van der Waals surface area contributed by atoms with Crippen molar-refractivity contribution in [1.29, 1.82) is 0 Å². The van der Waals surface area contributed by atoms with Gasteiger partial charge in [-0.25, -0.2) is 0 Å². The average Bonchev–Trinajstić information content (AvgIpc) is 2.43. The Labute approximate surface area is 150 Å². The van der Waals surface area contributed by atoms with Crippen molar-refractivity contribution in [2.24, 2.45) is 0 Å². The summed E-state index contributed by atoms with van der Waals surface area (Å²) in [5.74, 6) is 0. The highest BCUT2D eigenvalue weighted by molar-refractivity contribution is 6.74. The molecule has 24 heavy (non-hydrogen) atoms. The maximum Gasteiger partial charge on any atom is 0.192 e. The van der Waals surface area contributed by atoms with E-state index in [9.17, 15) is 5.11 Å². The highest BCUT2D eigenvalue weighted by atomic mass is 28.4. The lowest BCUT2D eigenvalue weighted by Gasteiger charge is -2.36. The summed E-state index contributed by atoms with van der Waals surface area (Å²) in [6.07, 6.45) is 0.0275. The van der Waals surface area contributed by atoms with E-state index in [1.165, 1.54) is 5.56 Å². The fourth-order valence-electron chi connectivity index (χ4n) is 2.09. The Bertz CT molecular complexity index is 545. The van der Waals surface area contributed by atoms with Crippen LogP contribution in [-0.2, 0) is 16.3 Å². The van der Waals surface area contributed by atoms with Gasteiger partial charge >= 0.3 is 0 Å². The molecule has 0 aromatic heterocycles. The maximum absolute atomic E-state index is 10.4. The number of aliphatic hydroxyl groups is 1. The Balaban J connectivity index is 2.62. The largest absolute Gasteiger partial charge is 0.413 e. The smallest absolute Gasteiger partial charge is 0.192 e. The van der Waals surface area contributed by atoms with Gasteiger partial charge < -0.3 is 9.53 Å². The summed E-state index contributed by atoms with van der Waals surface area (Å²) in [6.45, 7) is 22.2. The summed E-state index contributed by atoms with van der Waals surface area (Å²) in [5.41, 5.74) is 3.35. The van der Waals surface area contributed by atoms with Crippen molar-refractivity contribution in [2.45, 2.75) is 77.6 Å². The van der Waals surface area contributed by atoms with Crippen molar-refractivity contribution in [3.63, 3.8) is 0 Å². The average molecular weight is 349 g/mol. The van der Waals surface area contributed by atoms with Gasteiger partial charge in [-0.1, -0.05) is 72.4 Å². The monoisotopic (exact) mass is 348 g/mol. The van der Waals surface area contributed by atoms with E-state index in [1.54, 1.807) is 0 Å². The lowest BCUT2D eigenvalue weighted by molar-refractivity contribution is 0.189. The van der Waals surface area contributed by atoms with Gasteiger partial charge in [0.25, 0.3) is 0 Å². The Morgan fingerprint density at radius 1 is 1.08 bits per heavy atom. The normalized spacial score (nSPS) is 14.5. The molecule has 1 aromatic rings. The number of rotatable bonds is 6. The van der Waals surface area contributed by atoms with E-state index in [-0.39, 0.29) is 10.5 Å². The van der Waals surface area contributed by atoms with Gasteiger partial charge in [-0.3, -0.25) is 0 Å². The zero-order valence-corrected chi connectivity index (χ0v) is 17.9. The SMILES string of the molecule is C=C(CO[Si](C)(C)C(C)(C)C)[C@@H](O)Cc1ccc(C(C)(C)C)cc1. The number of hydrogen-bond donors (Lipinski definition) is 1. The highest BCUT2D eigenvalue weighted by Gasteiger charge is 2.37. The molecule has 0 heterocycles. The summed E-state index contributed by atoms with van der Waals surface area (Å²) in [7, 11) is -1.81. The summed E-state index contributed by atoms with van der Waals surface area (Å²) >= 11 is 0. The molecule has 2 nitrogen and oxygen atoms in total. The van der Waals surface area contributed by atoms with Crippen LogP contribution in [0.3, 0.4) is 0 Å². The van der Waals surface area contributed by atoms with E-state index >= 15 is 0 Å². The second kappa shape index (κ2) is 7.55. The quantitative estimate of drug-likeness (QED) is 0.546. The number of hydrogen-bond acceptors (Lipinski definition) is 2. The topological polar surface area (TPSA) is 29.5 Å². The van der Waals surface area contributed by atoms with Crippen LogP contribution in [0.1, 0.15) is 52.7 Å². The lowest BCUT2D eigenvalue weighted by atomic mass is 9.86. The number of aliphatic hydroxyl groups excluding tert-OH is 1. The first-order valence-electron chi connectivity index (χ1n) is 8.83. The van der Waals surface area contributed by atoms with Crippen LogP contribution in [0, 0.1) is 0 Å². The van der Waals surface area contributed by atoms with Crippen LogP contribution in [0.25, 0.3) is 0 Å². The molecule has 0 aliphatic carbocycles. The molecule has 0 bridgehead atoms. The van der Waals surface area contributed by atoms with Gasteiger partial charge in [-0.15, -0.1) is 0 Å². The van der Waals surface area contributed by atoms with E-state index in [4.69, 9.17) is 4.43 Å². The Morgan fingerprint density at radius 3 is 2.00 bits per heavy atom. The lowest BCUT2D eigenvalue weighted by Crippen LogP contribution is -2.41. The Hall–Kier alpha value is -0.903. The molecule has 0 spiro atoms. The van der Waals surface area contributed by atoms with Crippen LogP contribution in [0.5, 0.6) is 0 Å². The van der Waals surface area contributed by atoms with Crippen LogP contribution in [0.2, 0.25) is 18.1 Å². The van der Waals surface area contributed by atoms with E-state index in [1.807, 2.05) is 0 Å². The Morgan fingerprint density at radius 2 is 1.58 bits per heavy atom. The summed E-state index contributed by atoms with van der Waals surface area (Å²) < 4.78 is 6.16. The third-order valence-corrected chi connectivity index (χ3v) is 9.62. The van der Waals surface area contributed by atoms with E-state index in [0.717, 1.165) is 11.1 Å². The van der Waals surface area contributed by atoms with Crippen molar-refractivity contribution in [3.05, 3.63) is 47.5 Å². The minimum atomic E-state index is -1.81. The molecule has 136 valence electrons. The van der Waals surface area contributed by atoms with Crippen molar-refractivity contribution in [1.82, 2.24) is 0 Å². The molecule has 3 heteroatoms. The van der Waals surface area contributed by atoms with Crippen LogP contribution < -0.4 is 0 Å². The van der Waals surface area contributed by atoms with E-state index in [2.05, 4.69) is 85.5 Å². The molecule has 1 rings (SSSR count). The third kappa shape index (κ3) is 5.87. The zero-order valence-electron chi connectivity index (χ0n) is 16.9. The van der Waals surface area contributed by atoms with Crippen LogP contribution in [0.15, 0.2) is 36.4 Å². The second-order valence-corrected chi connectivity index (χ2v) is 14.2. The van der Waals surface area contributed by atoms with Gasteiger partial charge in [0, 0.05) is 6.42 Å². The molecule has 0 unspecified atom stereocenters. The zero-order chi connectivity index (χ0) is 18.8. The van der Waals surface area contributed by atoms with Crippen LogP contribution in [0.4, 0.5) is 0 Å². The Kier molecular flexibility index (Phi) is 6.65. The molecule has 0 amide bonds. The van der Waals surface area contributed by atoms with Crippen molar-refractivity contribution >= 4 is 8.32 Å². The molecular formula is C21H36O2Si. The summed E-state index contributed by atoms with van der Waals surface area (Å²) in [5, 5.41) is 10.6. The standard InChI is InChI=1S/C21H36O2Si/c1-16(15-23-24(8,9)21(5,6)7)19(22)14-17-10-12-18(13-11-17)20(2,3)4/h10-13,19,22H,1,14-15H2,2-9H3/t19-/m0/s1. The van der Waals surface area contributed by atoms with E-state index < -0.39 is 14.4 Å². The highest BCUT2D eigenvalue weighted by Crippen LogP contribution is 2.36. The van der Waals surface area contributed by atoms with Crippen LogP contribution >= 0.6 is 0 Å². The predicted molar refractivity (Wildman–Crippen MR) is 107 cm³/mol. The van der Waals surface area contributed by atoms with Gasteiger partial charge in [-0.2, -0.15) is 0 Å². The molecular weight excluding hydrogens is 312 g/mol. The van der Waals surface area contributed by atoms with Crippen molar-refractivity contribution in [3.8, 4) is 0 Å². The number of benzene rings is 1. The third-order valence-electron chi connectivity index (χ3n) is 5.14. The second-order valence-electron chi connectivity index (χ2n) is 9.37. The summed E-state index contributed by atoms with van der Waals surface area (Å²) in [6, 6.07) is 8.51. The maximum atomic E-state index is 10.4. The van der Waals surface area contributed by atoms with Gasteiger partial charge in [0.05, 0.1) is 12.7 Å². The molecule has 1 aromatic carbocycles. The molecule has 0 aliphatic rings. The van der Waals surface area contributed by atoms with Gasteiger partial charge in [0.1, 0.15) is 0 Å². The fourth-order valence-corrected chi connectivity index (χ4v) is 3.07. The first kappa shape index (κ1) is 21.1. The molecule has 0 aliphatic heterocycles. The van der Waals surface area contributed by atoms with Crippen molar-refractivity contribution < 1.29 is 9.53 Å². The van der Waals surface area contributed by atoms with Crippen molar-refractivity contribution in [2.75, 3.05) is 6.61 Å². The predicted octanol–water partition coefficient (Wildman–Crippen LogP) is 5.47. The minimum absolute atomic E-state index is 0.151. The van der Waals surface area contributed by atoms with Gasteiger partial charge in [0.15, 0.2) is 8.32 Å². The van der Waals surface area contributed by atoms with E-state index in [0.29, 0.717) is 13.0 Å². The molecule has 0 saturated heterocycles. The first-order chi connectivity index (χ1) is 10.7. The molecule has 1 atom stereocenters. The summed E-state index contributed by atoms with van der Waals surface area (Å²) in [4.78, 5) is 0. The minimum Gasteiger partial charge on any atom is -0.413 e. The molecule has 0 saturated carbocycles. The van der Waals surface area contributed by atoms with Crippen LogP contribution in [-0.4, -0.2) is 26.1 Å². The molecule has 1 N–H and O–H groups in total. The van der Waals surface area contributed by atoms with Gasteiger partial charge in [-0.05, 0) is 40.2 Å². The van der Waals surface area contributed by atoms with Gasteiger partial charge in [0.2, 0.25) is 0 Å².